The Morgan fingerprint density at radius 3 is 2.78 bits per heavy atom. The van der Waals surface area contributed by atoms with Crippen molar-refractivity contribution in [2.75, 3.05) is 0 Å². The van der Waals surface area contributed by atoms with Crippen molar-refractivity contribution >= 4 is 17.7 Å². The number of hydrogen-bond donors (Lipinski definition) is 2. The predicted octanol–water partition coefficient (Wildman–Crippen LogP) is 2.25. The van der Waals surface area contributed by atoms with Crippen LogP contribution in [0.2, 0.25) is 5.02 Å². The molecule has 0 aromatic carbocycles. The predicted molar refractivity (Wildman–Crippen MR) is 65.9 cm³/mol. The summed E-state index contributed by atoms with van der Waals surface area (Å²) in [6.07, 6.45) is 3.70. The summed E-state index contributed by atoms with van der Waals surface area (Å²) < 4.78 is 1.54. The SMILES string of the molecule is C[C@H](NC(=O)O)c1ccc(-n2cc(Cl)cn2)nc1. The average molecular weight is 267 g/mol. The molecule has 0 bridgehead atoms. The van der Waals surface area contributed by atoms with Crippen LogP contribution in [0.25, 0.3) is 5.82 Å². The molecule has 6 nitrogen and oxygen atoms in total. The molecule has 18 heavy (non-hydrogen) atoms. The van der Waals surface area contributed by atoms with Crippen molar-refractivity contribution in [2.24, 2.45) is 0 Å². The first kappa shape index (κ1) is 12.4. The van der Waals surface area contributed by atoms with Gasteiger partial charge in [-0.2, -0.15) is 5.10 Å². The van der Waals surface area contributed by atoms with Gasteiger partial charge in [0.1, 0.15) is 0 Å². The van der Waals surface area contributed by atoms with E-state index in [1.165, 1.54) is 6.20 Å². The largest absolute Gasteiger partial charge is 0.465 e. The Labute approximate surface area is 108 Å². The number of halogens is 1. The van der Waals surface area contributed by atoms with Gasteiger partial charge in [0.15, 0.2) is 5.82 Å². The summed E-state index contributed by atoms with van der Waals surface area (Å²) >= 11 is 5.76. The number of nitrogens with zero attached hydrogens (tertiary/aromatic N) is 3. The van der Waals surface area contributed by atoms with Gasteiger partial charge in [-0.1, -0.05) is 17.7 Å². The van der Waals surface area contributed by atoms with Crippen molar-refractivity contribution in [3.63, 3.8) is 0 Å². The van der Waals surface area contributed by atoms with Crippen LogP contribution in [0, 0.1) is 0 Å². The third-order valence-corrected chi connectivity index (χ3v) is 2.59. The second-order valence-electron chi connectivity index (χ2n) is 3.72. The highest BCUT2D eigenvalue weighted by atomic mass is 35.5. The van der Waals surface area contributed by atoms with E-state index in [0.717, 1.165) is 5.56 Å². The topological polar surface area (TPSA) is 80.0 Å². The van der Waals surface area contributed by atoms with Crippen LogP contribution in [-0.2, 0) is 0 Å². The molecular weight excluding hydrogens is 256 g/mol. The number of carboxylic acid groups (broad SMARTS) is 1. The van der Waals surface area contributed by atoms with Crippen LogP contribution in [-0.4, -0.2) is 26.0 Å². The van der Waals surface area contributed by atoms with E-state index < -0.39 is 6.09 Å². The molecule has 0 aliphatic carbocycles. The zero-order valence-corrected chi connectivity index (χ0v) is 10.3. The average Bonchev–Trinajstić information content (AvgIpc) is 2.75. The molecular formula is C11H11ClN4O2. The van der Waals surface area contributed by atoms with Crippen molar-refractivity contribution in [1.82, 2.24) is 20.1 Å². The van der Waals surface area contributed by atoms with E-state index in [9.17, 15) is 4.79 Å². The molecule has 2 rings (SSSR count). The first-order chi connectivity index (χ1) is 8.56. The van der Waals surface area contributed by atoms with Crippen LogP contribution in [0.3, 0.4) is 0 Å². The maximum atomic E-state index is 10.5. The molecule has 0 spiro atoms. The molecule has 1 amide bonds. The van der Waals surface area contributed by atoms with Crippen molar-refractivity contribution in [3.8, 4) is 5.82 Å². The van der Waals surface area contributed by atoms with Crippen LogP contribution >= 0.6 is 11.6 Å². The molecule has 2 heterocycles. The summed E-state index contributed by atoms with van der Waals surface area (Å²) in [7, 11) is 0. The lowest BCUT2D eigenvalue weighted by atomic mass is 10.1. The van der Waals surface area contributed by atoms with E-state index in [1.807, 2.05) is 0 Å². The number of nitrogens with one attached hydrogen (secondary N) is 1. The lowest BCUT2D eigenvalue weighted by molar-refractivity contribution is 0.191. The highest BCUT2D eigenvalue weighted by molar-refractivity contribution is 6.30. The number of rotatable bonds is 3. The monoisotopic (exact) mass is 266 g/mol. The summed E-state index contributed by atoms with van der Waals surface area (Å²) in [5, 5.41) is 15.5. The van der Waals surface area contributed by atoms with E-state index in [0.29, 0.717) is 10.8 Å². The fourth-order valence-corrected chi connectivity index (χ4v) is 1.62. The van der Waals surface area contributed by atoms with Gasteiger partial charge in [0.05, 0.1) is 23.5 Å². The quantitative estimate of drug-likeness (QED) is 0.893. The zero-order chi connectivity index (χ0) is 13.1. The van der Waals surface area contributed by atoms with Gasteiger partial charge in [-0.25, -0.2) is 14.5 Å². The Balaban J connectivity index is 2.17. The third kappa shape index (κ3) is 2.78. The summed E-state index contributed by atoms with van der Waals surface area (Å²) in [4.78, 5) is 14.7. The van der Waals surface area contributed by atoms with Crippen LogP contribution in [0.5, 0.6) is 0 Å². The van der Waals surface area contributed by atoms with Gasteiger partial charge in [0.25, 0.3) is 0 Å². The minimum absolute atomic E-state index is 0.315. The third-order valence-electron chi connectivity index (χ3n) is 2.40. The Bertz CT molecular complexity index is 552. The molecule has 2 N–H and O–H groups in total. The second kappa shape index (κ2) is 5.05. The fourth-order valence-electron chi connectivity index (χ4n) is 1.48. The lowest BCUT2D eigenvalue weighted by Crippen LogP contribution is -2.24. The van der Waals surface area contributed by atoms with Crippen LogP contribution in [0.15, 0.2) is 30.7 Å². The molecule has 2 aromatic heterocycles. The van der Waals surface area contributed by atoms with Gasteiger partial charge in [0, 0.05) is 6.20 Å². The van der Waals surface area contributed by atoms with Gasteiger partial charge in [-0.05, 0) is 18.6 Å². The molecule has 0 aliphatic heterocycles. The standard InChI is InChI=1S/C11H11ClN4O2/c1-7(15-11(17)18)8-2-3-10(13-4-8)16-6-9(12)5-14-16/h2-7,15H,1H3,(H,17,18)/t7-/m0/s1. The number of pyridine rings is 1. The van der Waals surface area contributed by atoms with Gasteiger partial charge in [-0.3, -0.25) is 0 Å². The van der Waals surface area contributed by atoms with E-state index in [4.69, 9.17) is 16.7 Å². The smallest absolute Gasteiger partial charge is 0.405 e. The molecule has 2 aromatic rings. The number of hydrogen-bond acceptors (Lipinski definition) is 3. The van der Waals surface area contributed by atoms with Crippen molar-refractivity contribution < 1.29 is 9.90 Å². The molecule has 0 saturated heterocycles. The Kier molecular flexibility index (Phi) is 3.47. The Hall–Kier alpha value is -2.08. The first-order valence-corrected chi connectivity index (χ1v) is 5.60. The lowest BCUT2D eigenvalue weighted by Gasteiger charge is -2.11. The highest BCUT2D eigenvalue weighted by Crippen LogP contribution is 2.14. The van der Waals surface area contributed by atoms with Crippen molar-refractivity contribution in [3.05, 3.63) is 41.3 Å². The van der Waals surface area contributed by atoms with Gasteiger partial charge in [0.2, 0.25) is 0 Å². The molecule has 0 unspecified atom stereocenters. The molecule has 0 saturated carbocycles. The highest BCUT2D eigenvalue weighted by Gasteiger charge is 2.09. The van der Waals surface area contributed by atoms with Crippen molar-refractivity contribution in [2.45, 2.75) is 13.0 Å². The minimum Gasteiger partial charge on any atom is -0.465 e. The molecule has 94 valence electrons. The molecule has 0 aliphatic rings. The number of carbonyl (C=O) groups is 1. The normalized spacial score (nSPS) is 12.1. The van der Waals surface area contributed by atoms with Gasteiger partial charge in [-0.15, -0.1) is 0 Å². The molecule has 1 atom stereocenters. The van der Waals surface area contributed by atoms with Gasteiger partial charge < -0.3 is 10.4 Å². The summed E-state index contributed by atoms with van der Waals surface area (Å²) in [5.41, 5.74) is 0.777. The Morgan fingerprint density at radius 2 is 2.28 bits per heavy atom. The molecule has 0 radical (unpaired) electrons. The van der Waals surface area contributed by atoms with Crippen LogP contribution in [0.4, 0.5) is 4.79 Å². The van der Waals surface area contributed by atoms with E-state index in [-0.39, 0.29) is 6.04 Å². The first-order valence-electron chi connectivity index (χ1n) is 5.22. The fraction of sp³-hybridized carbons (Fsp3) is 0.182. The summed E-state index contributed by atoms with van der Waals surface area (Å²) in [5.74, 6) is 0.619. The van der Waals surface area contributed by atoms with E-state index in [2.05, 4.69) is 15.4 Å². The molecule has 7 heteroatoms. The number of amides is 1. The summed E-state index contributed by atoms with van der Waals surface area (Å²) in [6.45, 7) is 1.75. The Morgan fingerprint density at radius 1 is 1.50 bits per heavy atom. The molecule has 0 fully saturated rings. The van der Waals surface area contributed by atoms with Crippen LogP contribution in [0.1, 0.15) is 18.5 Å². The zero-order valence-electron chi connectivity index (χ0n) is 9.54. The van der Waals surface area contributed by atoms with E-state index >= 15 is 0 Å². The van der Waals surface area contributed by atoms with Crippen LogP contribution < -0.4 is 5.32 Å². The maximum absolute atomic E-state index is 10.5. The van der Waals surface area contributed by atoms with Gasteiger partial charge >= 0.3 is 6.09 Å². The summed E-state index contributed by atoms with van der Waals surface area (Å²) in [6, 6.07) is 3.22. The van der Waals surface area contributed by atoms with E-state index in [1.54, 1.807) is 36.1 Å². The number of aromatic nitrogens is 3. The minimum atomic E-state index is -1.06. The second-order valence-corrected chi connectivity index (χ2v) is 4.16. The van der Waals surface area contributed by atoms with Crippen molar-refractivity contribution in [1.29, 1.82) is 0 Å². The maximum Gasteiger partial charge on any atom is 0.405 e.